The van der Waals surface area contributed by atoms with Gasteiger partial charge in [-0.1, -0.05) is 36.4 Å². The highest BCUT2D eigenvalue weighted by Gasteiger charge is 2.22. The van der Waals surface area contributed by atoms with Crippen molar-refractivity contribution in [3.63, 3.8) is 0 Å². The van der Waals surface area contributed by atoms with Crippen LogP contribution in [-0.2, 0) is 0 Å². The maximum atomic E-state index is 5.36. The maximum absolute atomic E-state index is 5.36. The standard InChI is InChI=1S/C13H10N2/c14-15-13-7-3-6-11-10-5-2-1-4-9(10)8-12(11)13/h1-8H,14H2. The molecule has 0 bridgehead atoms. The van der Waals surface area contributed by atoms with Crippen molar-refractivity contribution in [2.24, 2.45) is 10.9 Å². The first-order chi connectivity index (χ1) is 7.40. The first-order valence-electron chi connectivity index (χ1n) is 4.88. The molecule has 2 N–H and O–H groups in total. The lowest BCUT2D eigenvalue weighted by atomic mass is 9.96. The van der Waals surface area contributed by atoms with E-state index in [1.165, 1.54) is 16.7 Å². The van der Waals surface area contributed by atoms with Gasteiger partial charge in [0.05, 0.1) is 5.71 Å². The second kappa shape index (κ2) is 2.95. The van der Waals surface area contributed by atoms with Gasteiger partial charge in [-0.3, -0.25) is 0 Å². The van der Waals surface area contributed by atoms with Crippen LogP contribution in [0.4, 0.5) is 0 Å². The molecule has 0 unspecified atom stereocenters. The smallest absolute Gasteiger partial charge is 0.0905 e. The van der Waals surface area contributed by atoms with Gasteiger partial charge >= 0.3 is 0 Å². The second-order valence-electron chi connectivity index (χ2n) is 3.60. The molecule has 72 valence electrons. The highest BCUT2D eigenvalue weighted by atomic mass is 15.1. The Morgan fingerprint density at radius 1 is 1.07 bits per heavy atom. The Bertz CT molecular complexity index is 545. The Hall–Kier alpha value is -2.09. The van der Waals surface area contributed by atoms with Gasteiger partial charge in [-0.2, -0.15) is 5.10 Å². The number of benzene rings is 1. The number of hydrogen-bond acceptors (Lipinski definition) is 2. The predicted octanol–water partition coefficient (Wildman–Crippen LogP) is 2.35. The van der Waals surface area contributed by atoms with Crippen LogP contribution in [0.1, 0.15) is 11.1 Å². The SMILES string of the molecule is NN=C1C=CC=C2C1=Cc1ccccc12. The van der Waals surface area contributed by atoms with E-state index in [0.717, 1.165) is 11.3 Å². The van der Waals surface area contributed by atoms with Crippen LogP contribution < -0.4 is 5.84 Å². The van der Waals surface area contributed by atoms with Gasteiger partial charge in [0.15, 0.2) is 0 Å². The van der Waals surface area contributed by atoms with Crippen molar-refractivity contribution in [2.75, 3.05) is 0 Å². The van der Waals surface area contributed by atoms with E-state index in [0.29, 0.717) is 0 Å². The van der Waals surface area contributed by atoms with Crippen LogP contribution in [0.15, 0.2) is 53.2 Å². The lowest BCUT2D eigenvalue weighted by molar-refractivity contribution is 1.25. The van der Waals surface area contributed by atoms with Crippen molar-refractivity contribution in [2.45, 2.75) is 0 Å². The van der Waals surface area contributed by atoms with Gasteiger partial charge in [-0.15, -0.1) is 0 Å². The number of allylic oxidation sites excluding steroid dienone is 5. The maximum Gasteiger partial charge on any atom is 0.0905 e. The van der Waals surface area contributed by atoms with Crippen LogP contribution >= 0.6 is 0 Å². The molecule has 3 rings (SSSR count). The van der Waals surface area contributed by atoms with E-state index in [-0.39, 0.29) is 0 Å². The first kappa shape index (κ1) is 8.24. The average Bonchev–Trinajstić information content (AvgIpc) is 2.67. The summed E-state index contributed by atoms with van der Waals surface area (Å²) in [5.74, 6) is 5.36. The summed E-state index contributed by atoms with van der Waals surface area (Å²) in [5, 5.41) is 3.79. The fourth-order valence-corrected chi connectivity index (χ4v) is 2.08. The lowest BCUT2D eigenvalue weighted by Gasteiger charge is -2.09. The molecule has 0 atom stereocenters. The summed E-state index contributed by atoms with van der Waals surface area (Å²) < 4.78 is 0. The zero-order valence-corrected chi connectivity index (χ0v) is 8.14. The molecule has 2 nitrogen and oxygen atoms in total. The fraction of sp³-hybridized carbons (Fsp3) is 0. The monoisotopic (exact) mass is 194 g/mol. The molecule has 0 saturated heterocycles. The molecule has 0 spiro atoms. The number of nitrogens with zero attached hydrogens (tertiary/aromatic N) is 1. The van der Waals surface area contributed by atoms with Gasteiger partial charge in [0, 0.05) is 5.57 Å². The summed E-state index contributed by atoms with van der Waals surface area (Å²) in [6, 6.07) is 8.32. The van der Waals surface area contributed by atoms with Crippen molar-refractivity contribution in [1.29, 1.82) is 0 Å². The van der Waals surface area contributed by atoms with Crippen molar-refractivity contribution >= 4 is 17.4 Å². The molecule has 1 aromatic rings. The van der Waals surface area contributed by atoms with Crippen LogP contribution in [0.5, 0.6) is 0 Å². The molecule has 0 aliphatic heterocycles. The Kier molecular flexibility index (Phi) is 1.62. The van der Waals surface area contributed by atoms with Crippen LogP contribution in [0.25, 0.3) is 11.6 Å². The summed E-state index contributed by atoms with van der Waals surface area (Å²) in [7, 11) is 0. The van der Waals surface area contributed by atoms with E-state index >= 15 is 0 Å². The summed E-state index contributed by atoms with van der Waals surface area (Å²) in [6.45, 7) is 0. The van der Waals surface area contributed by atoms with Crippen LogP contribution in [-0.4, -0.2) is 5.71 Å². The number of fused-ring (bicyclic) bond motifs is 3. The molecule has 0 aromatic heterocycles. The second-order valence-corrected chi connectivity index (χ2v) is 3.60. The van der Waals surface area contributed by atoms with Gasteiger partial charge in [0.2, 0.25) is 0 Å². The number of hydrazone groups is 1. The molecule has 2 heteroatoms. The Morgan fingerprint density at radius 2 is 1.93 bits per heavy atom. The zero-order chi connectivity index (χ0) is 10.3. The molecular weight excluding hydrogens is 184 g/mol. The Morgan fingerprint density at radius 3 is 2.80 bits per heavy atom. The molecule has 0 fully saturated rings. The molecule has 0 heterocycles. The average molecular weight is 194 g/mol. The lowest BCUT2D eigenvalue weighted by Crippen LogP contribution is -2.04. The quantitative estimate of drug-likeness (QED) is 0.499. The van der Waals surface area contributed by atoms with E-state index in [2.05, 4.69) is 29.4 Å². The van der Waals surface area contributed by atoms with Crippen LogP contribution in [0.3, 0.4) is 0 Å². The van der Waals surface area contributed by atoms with E-state index < -0.39 is 0 Å². The van der Waals surface area contributed by atoms with Crippen molar-refractivity contribution in [1.82, 2.24) is 0 Å². The number of hydrogen-bond donors (Lipinski definition) is 1. The fourth-order valence-electron chi connectivity index (χ4n) is 2.08. The molecule has 0 amide bonds. The minimum Gasteiger partial charge on any atom is -0.323 e. The minimum atomic E-state index is 0.851. The normalized spacial score (nSPS) is 19.6. The van der Waals surface area contributed by atoms with E-state index in [1.54, 1.807) is 0 Å². The van der Waals surface area contributed by atoms with Crippen molar-refractivity contribution in [3.8, 4) is 0 Å². The minimum absolute atomic E-state index is 0.851. The largest absolute Gasteiger partial charge is 0.323 e. The number of nitrogens with two attached hydrogens (primary N) is 1. The predicted molar refractivity (Wildman–Crippen MR) is 63.2 cm³/mol. The molecule has 1 aromatic carbocycles. The highest BCUT2D eigenvalue weighted by molar-refractivity contribution is 6.25. The van der Waals surface area contributed by atoms with Crippen LogP contribution in [0.2, 0.25) is 0 Å². The molecule has 2 aliphatic carbocycles. The van der Waals surface area contributed by atoms with Crippen molar-refractivity contribution in [3.05, 3.63) is 59.2 Å². The van der Waals surface area contributed by atoms with Gasteiger partial charge < -0.3 is 5.84 Å². The highest BCUT2D eigenvalue weighted by Crippen LogP contribution is 2.37. The molecule has 0 saturated carbocycles. The van der Waals surface area contributed by atoms with Crippen LogP contribution in [0, 0.1) is 0 Å². The Balaban J connectivity index is 2.25. The third-order valence-corrected chi connectivity index (χ3v) is 2.77. The zero-order valence-electron chi connectivity index (χ0n) is 8.14. The van der Waals surface area contributed by atoms with Gasteiger partial charge in [0.1, 0.15) is 0 Å². The Labute approximate surface area is 88.1 Å². The third kappa shape index (κ3) is 1.08. The molecule has 2 aliphatic rings. The molecule has 0 radical (unpaired) electrons. The summed E-state index contributed by atoms with van der Waals surface area (Å²) in [4.78, 5) is 0. The molecule has 15 heavy (non-hydrogen) atoms. The third-order valence-electron chi connectivity index (χ3n) is 2.77. The first-order valence-corrected chi connectivity index (χ1v) is 4.88. The summed E-state index contributed by atoms with van der Waals surface area (Å²) >= 11 is 0. The topological polar surface area (TPSA) is 38.4 Å². The summed E-state index contributed by atoms with van der Waals surface area (Å²) in [5.41, 5.74) is 5.70. The van der Waals surface area contributed by atoms with E-state index in [9.17, 15) is 0 Å². The number of rotatable bonds is 0. The summed E-state index contributed by atoms with van der Waals surface area (Å²) in [6.07, 6.45) is 8.16. The van der Waals surface area contributed by atoms with Gasteiger partial charge in [-0.25, -0.2) is 0 Å². The molecular formula is C13H10N2. The van der Waals surface area contributed by atoms with Gasteiger partial charge in [-0.05, 0) is 28.9 Å². The van der Waals surface area contributed by atoms with E-state index in [1.807, 2.05) is 24.3 Å². The van der Waals surface area contributed by atoms with Gasteiger partial charge in [0.25, 0.3) is 0 Å². The van der Waals surface area contributed by atoms with Crippen molar-refractivity contribution < 1.29 is 0 Å². The van der Waals surface area contributed by atoms with E-state index in [4.69, 9.17) is 5.84 Å².